The van der Waals surface area contributed by atoms with Crippen molar-refractivity contribution in [2.24, 2.45) is 0 Å². The van der Waals surface area contributed by atoms with E-state index < -0.39 is 0 Å². The van der Waals surface area contributed by atoms with Gasteiger partial charge in [-0.15, -0.1) is 11.6 Å². The summed E-state index contributed by atoms with van der Waals surface area (Å²) >= 11 is 5.68. The maximum Gasteiger partial charge on any atom is 0.0403 e. The third-order valence-corrected chi connectivity index (χ3v) is 5.06. The number of aromatic nitrogens is 1. The van der Waals surface area contributed by atoms with Gasteiger partial charge in [-0.05, 0) is 31.4 Å². The number of nitrogens with zero attached hydrogens (tertiary/aromatic N) is 1. The molecule has 1 rings (SSSR count). The number of pyridine rings is 1. The first kappa shape index (κ1) is 21.5. The molecule has 0 aliphatic heterocycles. The zero-order valence-electron chi connectivity index (χ0n) is 15.7. The minimum Gasteiger partial charge on any atom is -0.261 e. The average molecular weight is 352 g/mol. The van der Waals surface area contributed by atoms with Crippen molar-refractivity contribution in [3.63, 3.8) is 0 Å². The molecule has 0 N–H and O–H groups in total. The fraction of sp³-hybridized carbons (Fsp3) is 0.773. The summed E-state index contributed by atoms with van der Waals surface area (Å²) in [7, 11) is 0. The van der Waals surface area contributed by atoms with Gasteiger partial charge in [0.1, 0.15) is 0 Å². The zero-order valence-corrected chi connectivity index (χ0v) is 16.4. The van der Waals surface area contributed by atoms with Gasteiger partial charge in [0.2, 0.25) is 0 Å². The molecule has 1 aromatic rings. The largest absolute Gasteiger partial charge is 0.261 e. The van der Waals surface area contributed by atoms with Crippen LogP contribution in [0.25, 0.3) is 0 Å². The van der Waals surface area contributed by atoms with Crippen LogP contribution in [0.3, 0.4) is 0 Å². The van der Waals surface area contributed by atoms with Gasteiger partial charge in [0.15, 0.2) is 0 Å². The Bertz CT molecular complexity index is 352. The number of aryl methyl sites for hydroxylation is 1. The highest BCUT2D eigenvalue weighted by molar-refractivity contribution is 6.17. The fourth-order valence-electron chi connectivity index (χ4n) is 3.24. The molecule has 138 valence electrons. The third-order valence-electron chi connectivity index (χ3n) is 4.79. The van der Waals surface area contributed by atoms with E-state index in [4.69, 9.17) is 11.6 Å². The molecule has 2 heteroatoms. The minimum atomic E-state index is 0.838. The molecule has 0 aromatic carbocycles. The van der Waals surface area contributed by atoms with Crippen LogP contribution in [-0.2, 0) is 6.42 Å². The average Bonchev–Trinajstić information content (AvgIpc) is 2.62. The van der Waals surface area contributed by atoms with Gasteiger partial charge in [0, 0.05) is 17.8 Å². The maximum absolute atomic E-state index is 5.68. The van der Waals surface area contributed by atoms with E-state index in [9.17, 15) is 0 Å². The second-order valence-electron chi connectivity index (χ2n) is 7.06. The molecule has 0 bridgehead atoms. The van der Waals surface area contributed by atoms with Gasteiger partial charge < -0.3 is 0 Å². The van der Waals surface area contributed by atoms with E-state index in [1.54, 1.807) is 0 Å². The Hall–Kier alpha value is -0.560. The summed E-state index contributed by atoms with van der Waals surface area (Å²) in [5.74, 6) is 0.838. The zero-order chi connectivity index (χ0) is 17.1. The van der Waals surface area contributed by atoms with Crippen LogP contribution in [0.5, 0.6) is 0 Å². The smallest absolute Gasteiger partial charge is 0.0403 e. The van der Waals surface area contributed by atoms with Crippen molar-refractivity contribution in [1.29, 1.82) is 0 Å². The van der Waals surface area contributed by atoms with Gasteiger partial charge in [-0.2, -0.15) is 0 Å². The Morgan fingerprint density at radius 3 is 1.46 bits per heavy atom. The lowest BCUT2D eigenvalue weighted by Crippen LogP contribution is -1.89. The second-order valence-corrected chi connectivity index (χ2v) is 7.44. The Labute approximate surface area is 155 Å². The number of halogens is 1. The molecule has 0 radical (unpaired) electrons. The van der Waals surface area contributed by atoms with E-state index in [2.05, 4.69) is 17.1 Å². The molecule has 1 heterocycles. The number of unbranched alkanes of at least 4 members (excludes halogenated alkanes) is 14. The first-order valence-electron chi connectivity index (χ1n) is 10.4. The fourth-order valence-corrected chi connectivity index (χ4v) is 3.43. The molecule has 0 amide bonds. The summed E-state index contributed by atoms with van der Waals surface area (Å²) in [6, 6.07) is 6.22. The summed E-state index contributed by atoms with van der Waals surface area (Å²) in [5.41, 5.74) is 1.25. The number of hydrogen-bond acceptors (Lipinski definition) is 1. The van der Waals surface area contributed by atoms with E-state index in [0.29, 0.717) is 0 Å². The molecule has 0 spiro atoms. The molecule has 0 unspecified atom stereocenters. The SMILES string of the molecule is ClCCCCCCCCCCCCCCCCCc1ccccn1. The molecule has 24 heavy (non-hydrogen) atoms. The van der Waals surface area contributed by atoms with E-state index in [0.717, 1.165) is 12.3 Å². The Kier molecular flexibility index (Phi) is 15.5. The van der Waals surface area contributed by atoms with Crippen LogP contribution in [0.4, 0.5) is 0 Å². The summed E-state index contributed by atoms with van der Waals surface area (Å²) in [5, 5.41) is 0. The van der Waals surface area contributed by atoms with Crippen LogP contribution in [0.15, 0.2) is 24.4 Å². The van der Waals surface area contributed by atoms with E-state index in [1.165, 1.54) is 102 Å². The molecule has 0 aliphatic carbocycles. The van der Waals surface area contributed by atoms with E-state index in [-0.39, 0.29) is 0 Å². The van der Waals surface area contributed by atoms with Crippen molar-refractivity contribution in [1.82, 2.24) is 4.98 Å². The Balaban J connectivity index is 1.70. The Morgan fingerprint density at radius 2 is 1.04 bits per heavy atom. The topological polar surface area (TPSA) is 12.9 Å². The van der Waals surface area contributed by atoms with Crippen molar-refractivity contribution in [2.75, 3.05) is 5.88 Å². The third kappa shape index (κ3) is 13.8. The highest BCUT2D eigenvalue weighted by Crippen LogP contribution is 2.14. The molecule has 0 saturated carbocycles. The van der Waals surface area contributed by atoms with Gasteiger partial charge in [-0.25, -0.2) is 0 Å². The first-order chi connectivity index (χ1) is 11.9. The molecular formula is C22H38ClN. The van der Waals surface area contributed by atoms with Crippen molar-refractivity contribution in [3.8, 4) is 0 Å². The van der Waals surface area contributed by atoms with Crippen LogP contribution in [-0.4, -0.2) is 10.9 Å². The van der Waals surface area contributed by atoms with Crippen molar-refractivity contribution in [3.05, 3.63) is 30.1 Å². The monoisotopic (exact) mass is 351 g/mol. The maximum atomic E-state index is 5.68. The second kappa shape index (κ2) is 17.3. The van der Waals surface area contributed by atoms with Gasteiger partial charge in [0.05, 0.1) is 0 Å². The summed E-state index contributed by atoms with van der Waals surface area (Å²) in [6.07, 6.45) is 23.9. The predicted molar refractivity (Wildman–Crippen MR) is 108 cm³/mol. The lowest BCUT2D eigenvalue weighted by molar-refractivity contribution is 0.532. The standard InChI is InChI=1S/C22H38ClN/c23-20-16-13-11-9-7-5-3-1-2-4-6-8-10-12-14-18-22-19-15-17-21-24-22/h15,17,19,21H,1-14,16,18,20H2. The van der Waals surface area contributed by atoms with Gasteiger partial charge in [0.25, 0.3) is 0 Å². The molecule has 0 atom stereocenters. The first-order valence-corrected chi connectivity index (χ1v) is 10.9. The van der Waals surface area contributed by atoms with Crippen molar-refractivity contribution >= 4 is 11.6 Å². The minimum absolute atomic E-state index is 0.838. The van der Waals surface area contributed by atoms with Gasteiger partial charge >= 0.3 is 0 Å². The van der Waals surface area contributed by atoms with E-state index in [1.807, 2.05) is 12.3 Å². The Morgan fingerprint density at radius 1 is 0.583 bits per heavy atom. The van der Waals surface area contributed by atoms with Crippen LogP contribution >= 0.6 is 11.6 Å². The number of alkyl halides is 1. The van der Waals surface area contributed by atoms with Crippen molar-refractivity contribution in [2.45, 2.75) is 103 Å². The molecule has 1 nitrogen and oxygen atoms in total. The summed E-state index contributed by atoms with van der Waals surface area (Å²) in [4.78, 5) is 4.38. The molecule has 0 saturated heterocycles. The summed E-state index contributed by atoms with van der Waals surface area (Å²) < 4.78 is 0. The van der Waals surface area contributed by atoms with Gasteiger partial charge in [-0.3, -0.25) is 4.98 Å². The molecule has 0 fully saturated rings. The van der Waals surface area contributed by atoms with Crippen molar-refractivity contribution < 1.29 is 0 Å². The number of hydrogen-bond donors (Lipinski definition) is 0. The molecule has 0 aliphatic rings. The quantitative estimate of drug-likeness (QED) is 0.207. The van der Waals surface area contributed by atoms with Crippen LogP contribution < -0.4 is 0 Å². The highest BCUT2D eigenvalue weighted by atomic mass is 35.5. The lowest BCUT2D eigenvalue weighted by atomic mass is 10.0. The predicted octanol–water partition coefficient (Wildman–Crippen LogP) is 7.71. The highest BCUT2D eigenvalue weighted by Gasteiger charge is 1.96. The van der Waals surface area contributed by atoms with Crippen LogP contribution in [0.2, 0.25) is 0 Å². The number of rotatable bonds is 17. The normalized spacial score (nSPS) is 11.0. The molecular weight excluding hydrogens is 314 g/mol. The van der Waals surface area contributed by atoms with Crippen LogP contribution in [0.1, 0.15) is 102 Å². The molecule has 1 aromatic heterocycles. The summed E-state index contributed by atoms with van der Waals surface area (Å²) in [6.45, 7) is 0. The lowest BCUT2D eigenvalue weighted by Gasteiger charge is -2.03. The van der Waals surface area contributed by atoms with Crippen LogP contribution in [0, 0.1) is 0 Å². The van der Waals surface area contributed by atoms with Gasteiger partial charge in [-0.1, -0.05) is 89.5 Å². The van der Waals surface area contributed by atoms with E-state index >= 15 is 0 Å².